The van der Waals surface area contributed by atoms with Crippen LogP contribution in [0.1, 0.15) is 0 Å². The SMILES string of the molecule is [c]1cccc2nc(-c3ccncc3)sc12. The first-order valence-corrected chi connectivity index (χ1v) is 5.43. The number of thiazole rings is 1. The van der Waals surface area contributed by atoms with Gasteiger partial charge in [0.2, 0.25) is 0 Å². The van der Waals surface area contributed by atoms with Crippen LogP contribution in [0.3, 0.4) is 0 Å². The van der Waals surface area contributed by atoms with E-state index in [1.165, 1.54) is 0 Å². The fourth-order valence-corrected chi connectivity index (χ4v) is 2.37. The highest BCUT2D eigenvalue weighted by Crippen LogP contribution is 2.28. The first kappa shape index (κ1) is 8.56. The van der Waals surface area contributed by atoms with Gasteiger partial charge >= 0.3 is 0 Å². The molecule has 0 amide bonds. The molecular formula is C12H7N2S. The lowest BCUT2D eigenvalue weighted by molar-refractivity contribution is 1.32. The van der Waals surface area contributed by atoms with Gasteiger partial charge in [-0.15, -0.1) is 11.3 Å². The van der Waals surface area contributed by atoms with Crippen molar-refractivity contribution in [2.24, 2.45) is 0 Å². The van der Waals surface area contributed by atoms with Gasteiger partial charge in [0.25, 0.3) is 0 Å². The molecule has 1 radical (unpaired) electrons. The fourth-order valence-electron chi connectivity index (χ4n) is 1.43. The van der Waals surface area contributed by atoms with Crippen LogP contribution >= 0.6 is 11.3 Å². The first-order chi connectivity index (χ1) is 7.43. The quantitative estimate of drug-likeness (QED) is 0.618. The van der Waals surface area contributed by atoms with Crippen molar-refractivity contribution in [1.29, 1.82) is 0 Å². The van der Waals surface area contributed by atoms with Gasteiger partial charge in [-0.1, -0.05) is 12.1 Å². The average molecular weight is 211 g/mol. The number of hydrogen-bond acceptors (Lipinski definition) is 3. The first-order valence-electron chi connectivity index (χ1n) is 4.61. The predicted molar refractivity (Wildman–Crippen MR) is 61.7 cm³/mol. The molecule has 0 spiro atoms. The zero-order valence-electron chi connectivity index (χ0n) is 7.84. The number of pyridine rings is 1. The summed E-state index contributed by atoms with van der Waals surface area (Å²) in [5.41, 5.74) is 2.12. The van der Waals surface area contributed by atoms with Crippen molar-refractivity contribution in [3.05, 3.63) is 48.8 Å². The van der Waals surface area contributed by atoms with Crippen LogP contribution in [0.4, 0.5) is 0 Å². The second-order valence-electron chi connectivity index (χ2n) is 3.14. The van der Waals surface area contributed by atoms with E-state index in [-0.39, 0.29) is 0 Å². The molecule has 2 heterocycles. The van der Waals surface area contributed by atoms with Crippen molar-refractivity contribution in [1.82, 2.24) is 9.97 Å². The summed E-state index contributed by atoms with van der Waals surface area (Å²) < 4.78 is 1.10. The third-order valence-electron chi connectivity index (χ3n) is 2.15. The Morgan fingerprint density at radius 3 is 2.80 bits per heavy atom. The smallest absolute Gasteiger partial charge is 0.124 e. The lowest BCUT2D eigenvalue weighted by atomic mass is 10.3. The van der Waals surface area contributed by atoms with E-state index in [0.29, 0.717) is 0 Å². The summed E-state index contributed by atoms with van der Waals surface area (Å²) in [6.45, 7) is 0. The van der Waals surface area contributed by atoms with Crippen molar-refractivity contribution in [2.45, 2.75) is 0 Å². The van der Waals surface area contributed by atoms with Crippen LogP contribution in [0.5, 0.6) is 0 Å². The standard InChI is InChI=1S/C12H7N2S/c1-2-4-11-10(3-1)14-12(15-11)9-5-7-13-8-6-9/h1-3,5-8H. The molecule has 1 aromatic carbocycles. The molecule has 0 aliphatic rings. The van der Waals surface area contributed by atoms with Gasteiger partial charge in [-0.05, 0) is 18.2 Å². The molecule has 0 saturated carbocycles. The lowest BCUT2D eigenvalue weighted by Crippen LogP contribution is -1.75. The maximum Gasteiger partial charge on any atom is 0.124 e. The van der Waals surface area contributed by atoms with Gasteiger partial charge in [0.05, 0.1) is 10.2 Å². The van der Waals surface area contributed by atoms with Crippen molar-refractivity contribution in [2.75, 3.05) is 0 Å². The molecule has 2 nitrogen and oxygen atoms in total. The van der Waals surface area contributed by atoms with E-state index >= 15 is 0 Å². The van der Waals surface area contributed by atoms with Gasteiger partial charge in [-0.3, -0.25) is 4.98 Å². The minimum Gasteiger partial charge on any atom is -0.265 e. The van der Waals surface area contributed by atoms with Crippen LogP contribution in [-0.2, 0) is 0 Å². The number of nitrogens with zero attached hydrogens (tertiary/aromatic N) is 2. The molecule has 0 aliphatic heterocycles. The van der Waals surface area contributed by atoms with Gasteiger partial charge < -0.3 is 0 Å². The van der Waals surface area contributed by atoms with Gasteiger partial charge in [-0.25, -0.2) is 4.98 Å². The average Bonchev–Trinajstić information content (AvgIpc) is 2.74. The zero-order chi connectivity index (χ0) is 10.1. The van der Waals surface area contributed by atoms with E-state index < -0.39 is 0 Å². The summed E-state index contributed by atoms with van der Waals surface area (Å²) >= 11 is 1.66. The van der Waals surface area contributed by atoms with Crippen molar-refractivity contribution in [3.63, 3.8) is 0 Å². The summed E-state index contributed by atoms with van der Waals surface area (Å²) in [6.07, 6.45) is 3.57. The summed E-state index contributed by atoms with van der Waals surface area (Å²) in [4.78, 5) is 8.54. The Labute approximate surface area is 91.2 Å². The normalized spacial score (nSPS) is 10.7. The Kier molecular flexibility index (Phi) is 1.96. The molecule has 0 unspecified atom stereocenters. The topological polar surface area (TPSA) is 25.8 Å². The Morgan fingerprint density at radius 2 is 2.00 bits per heavy atom. The van der Waals surface area contributed by atoms with Crippen LogP contribution in [-0.4, -0.2) is 9.97 Å². The van der Waals surface area contributed by atoms with Gasteiger partial charge in [0.15, 0.2) is 0 Å². The maximum absolute atomic E-state index is 4.54. The number of fused-ring (bicyclic) bond motifs is 1. The van der Waals surface area contributed by atoms with Crippen molar-refractivity contribution < 1.29 is 0 Å². The second kappa shape index (κ2) is 3.44. The van der Waals surface area contributed by atoms with Crippen LogP contribution in [0.2, 0.25) is 0 Å². The molecule has 0 atom stereocenters. The Hall–Kier alpha value is -1.74. The number of benzene rings is 1. The summed E-state index contributed by atoms with van der Waals surface area (Å²) in [5.74, 6) is 0. The third-order valence-corrected chi connectivity index (χ3v) is 3.20. The number of aromatic nitrogens is 2. The molecule has 0 fully saturated rings. The molecular weight excluding hydrogens is 204 g/mol. The molecule has 15 heavy (non-hydrogen) atoms. The summed E-state index contributed by atoms with van der Waals surface area (Å²) in [5, 5.41) is 1.02. The van der Waals surface area contributed by atoms with Crippen LogP contribution in [0.25, 0.3) is 20.8 Å². The maximum atomic E-state index is 4.54. The molecule has 3 aromatic rings. The minimum atomic E-state index is 1.01. The predicted octanol–water partition coefficient (Wildman–Crippen LogP) is 3.16. The van der Waals surface area contributed by atoms with E-state index in [9.17, 15) is 0 Å². The van der Waals surface area contributed by atoms with Crippen LogP contribution < -0.4 is 0 Å². The van der Waals surface area contributed by atoms with Gasteiger partial charge in [0.1, 0.15) is 5.01 Å². The highest BCUT2D eigenvalue weighted by atomic mass is 32.1. The molecule has 0 saturated heterocycles. The van der Waals surface area contributed by atoms with E-state index in [1.807, 2.05) is 30.3 Å². The molecule has 3 heteroatoms. The van der Waals surface area contributed by atoms with Crippen molar-refractivity contribution >= 4 is 21.6 Å². The highest BCUT2D eigenvalue weighted by Gasteiger charge is 2.04. The second-order valence-corrected chi connectivity index (χ2v) is 4.14. The minimum absolute atomic E-state index is 1.01. The van der Waals surface area contributed by atoms with Gasteiger partial charge in [-0.2, -0.15) is 0 Å². The number of rotatable bonds is 1. The zero-order valence-corrected chi connectivity index (χ0v) is 8.66. The van der Waals surface area contributed by atoms with Crippen LogP contribution in [0, 0.1) is 6.07 Å². The molecule has 71 valence electrons. The third kappa shape index (κ3) is 1.51. The van der Waals surface area contributed by atoms with E-state index in [1.54, 1.807) is 23.7 Å². The van der Waals surface area contributed by atoms with Gasteiger partial charge in [0, 0.05) is 24.0 Å². The fraction of sp³-hybridized carbons (Fsp3) is 0. The molecule has 0 N–H and O–H groups in total. The van der Waals surface area contributed by atoms with E-state index in [4.69, 9.17) is 0 Å². The highest BCUT2D eigenvalue weighted by molar-refractivity contribution is 7.21. The number of hydrogen-bond donors (Lipinski definition) is 0. The summed E-state index contributed by atoms with van der Waals surface area (Å²) in [6, 6.07) is 13.0. The lowest BCUT2D eigenvalue weighted by Gasteiger charge is -1.91. The monoisotopic (exact) mass is 211 g/mol. The largest absolute Gasteiger partial charge is 0.265 e. The Balaban J connectivity index is 2.21. The van der Waals surface area contributed by atoms with E-state index in [2.05, 4.69) is 16.0 Å². The van der Waals surface area contributed by atoms with E-state index in [0.717, 1.165) is 20.8 Å². The Bertz CT molecular complexity index is 554. The Morgan fingerprint density at radius 1 is 1.13 bits per heavy atom. The molecule has 0 aliphatic carbocycles. The summed E-state index contributed by atoms with van der Waals surface area (Å²) in [7, 11) is 0. The molecule has 3 rings (SSSR count). The van der Waals surface area contributed by atoms with Crippen molar-refractivity contribution in [3.8, 4) is 10.6 Å². The molecule has 2 aromatic heterocycles. The van der Waals surface area contributed by atoms with Crippen LogP contribution in [0.15, 0.2) is 42.7 Å². The molecule has 0 bridgehead atoms.